The largest absolute Gasteiger partial charge is 0.490 e. The topological polar surface area (TPSA) is 80.6 Å². The van der Waals surface area contributed by atoms with Crippen LogP contribution in [0.3, 0.4) is 0 Å². The zero-order valence-corrected chi connectivity index (χ0v) is 14.5. The number of nitrogens with zero attached hydrogens (tertiary/aromatic N) is 1. The number of nitrogens with one attached hydrogen (secondary N) is 1. The Kier molecular flexibility index (Phi) is 7.56. The third kappa shape index (κ3) is 6.21. The minimum absolute atomic E-state index is 0.0924. The Bertz CT molecular complexity index is 765. The van der Waals surface area contributed by atoms with Gasteiger partial charge in [-0.3, -0.25) is 0 Å². The van der Waals surface area contributed by atoms with E-state index in [1.165, 1.54) is 6.20 Å². The number of hydrogen-bond donors (Lipinski definition) is 1. The number of para-hydroxylation sites is 1. The Morgan fingerprint density at radius 2 is 1.65 bits per heavy atom. The van der Waals surface area contributed by atoms with E-state index >= 15 is 0 Å². The van der Waals surface area contributed by atoms with Crippen molar-refractivity contribution < 1.29 is 19.0 Å². The maximum atomic E-state index is 11.5. The van der Waals surface area contributed by atoms with Gasteiger partial charge in [-0.2, -0.15) is 5.26 Å². The fourth-order valence-corrected chi connectivity index (χ4v) is 1.98. The van der Waals surface area contributed by atoms with Crippen LogP contribution in [0.5, 0.6) is 11.5 Å². The lowest BCUT2D eigenvalue weighted by molar-refractivity contribution is -0.138. The molecule has 0 amide bonds. The van der Waals surface area contributed by atoms with Gasteiger partial charge in [-0.1, -0.05) is 18.2 Å². The van der Waals surface area contributed by atoms with Crippen LogP contribution in [-0.4, -0.2) is 25.8 Å². The smallest absolute Gasteiger partial charge is 0.350 e. The van der Waals surface area contributed by atoms with E-state index in [1.807, 2.05) is 30.3 Å². The van der Waals surface area contributed by atoms with Gasteiger partial charge in [0.15, 0.2) is 5.57 Å². The summed E-state index contributed by atoms with van der Waals surface area (Å²) in [6, 6.07) is 18.5. The second-order valence-corrected chi connectivity index (χ2v) is 5.07. The third-order valence-corrected chi connectivity index (χ3v) is 3.22. The van der Waals surface area contributed by atoms with Gasteiger partial charge in [-0.05, 0) is 43.3 Å². The minimum Gasteiger partial charge on any atom is -0.490 e. The van der Waals surface area contributed by atoms with Gasteiger partial charge in [-0.25, -0.2) is 4.79 Å². The first kappa shape index (κ1) is 18.9. The van der Waals surface area contributed by atoms with E-state index in [-0.39, 0.29) is 12.2 Å². The quantitative estimate of drug-likeness (QED) is 0.322. The number of hydrogen-bond acceptors (Lipinski definition) is 6. The molecule has 2 aromatic carbocycles. The molecule has 6 nitrogen and oxygen atoms in total. The summed E-state index contributed by atoms with van der Waals surface area (Å²) in [5.74, 6) is 0.847. The lowest BCUT2D eigenvalue weighted by atomic mass is 10.3. The number of carbonyl (C=O) groups excluding carboxylic acids is 1. The summed E-state index contributed by atoms with van der Waals surface area (Å²) in [4.78, 5) is 11.5. The van der Waals surface area contributed by atoms with Crippen LogP contribution in [0.25, 0.3) is 0 Å². The van der Waals surface area contributed by atoms with Gasteiger partial charge in [0.25, 0.3) is 0 Å². The van der Waals surface area contributed by atoms with Gasteiger partial charge in [0.2, 0.25) is 0 Å². The van der Waals surface area contributed by atoms with Crippen molar-refractivity contribution in [3.63, 3.8) is 0 Å². The average Bonchev–Trinajstić information content (AvgIpc) is 2.68. The van der Waals surface area contributed by atoms with E-state index in [1.54, 1.807) is 37.3 Å². The van der Waals surface area contributed by atoms with Crippen molar-refractivity contribution in [2.24, 2.45) is 0 Å². The molecule has 0 bridgehead atoms. The van der Waals surface area contributed by atoms with Crippen molar-refractivity contribution in [2.45, 2.75) is 6.92 Å². The molecule has 2 aromatic rings. The molecule has 0 aliphatic carbocycles. The van der Waals surface area contributed by atoms with Crippen LogP contribution < -0.4 is 14.8 Å². The molecule has 26 heavy (non-hydrogen) atoms. The monoisotopic (exact) mass is 352 g/mol. The van der Waals surface area contributed by atoms with Crippen molar-refractivity contribution in [1.82, 2.24) is 0 Å². The number of nitriles is 1. The molecule has 0 atom stereocenters. The van der Waals surface area contributed by atoms with Crippen molar-refractivity contribution >= 4 is 11.7 Å². The zero-order chi connectivity index (χ0) is 18.6. The number of anilines is 1. The number of ether oxygens (including phenoxy) is 3. The van der Waals surface area contributed by atoms with Gasteiger partial charge in [0.1, 0.15) is 30.8 Å². The fraction of sp³-hybridized carbons (Fsp3) is 0.200. The number of rotatable bonds is 9. The van der Waals surface area contributed by atoms with Gasteiger partial charge >= 0.3 is 5.97 Å². The molecule has 134 valence electrons. The third-order valence-electron chi connectivity index (χ3n) is 3.22. The van der Waals surface area contributed by atoms with Gasteiger partial charge in [-0.15, -0.1) is 0 Å². The van der Waals surface area contributed by atoms with Crippen molar-refractivity contribution in [3.8, 4) is 17.6 Å². The molecule has 2 rings (SSSR count). The van der Waals surface area contributed by atoms with Crippen molar-refractivity contribution in [3.05, 3.63) is 66.4 Å². The van der Waals surface area contributed by atoms with E-state index in [9.17, 15) is 4.79 Å². The Labute approximate surface area is 152 Å². The lowest BCUT2D eigenvalue weighted by Gasteiger charge is -2.09. The number of benzene rings is 2. The zero-order valence-electron chi connectivity index (χ0n) is 14.5. The molecule has 0 saturated heterocycles. The van der Waals surface area contributed by atoms with Gasteiger partial charge in [0, 0.05) is 11.9 Å². The SMILES string of the molecule is CCOC(=O)/C(C#N)=C/Nc1ccc(OCCOc2ccccc2)cc1. The summed E-state index contributed by atoms with van der Waals surface area (Å²) < 4.78 is 15.9. The Morgan fingerprint density at radius 1 is 1.04 bits per heavy atom. The predicted molar refractivity (Wildman–Crippen MR) is 97.8 cm³/mol. The van der Waals surface area contributed by atoms with Crippen LogP contribution >= 0.6 is 0 Å². The van der Waals surface area contributed by atoms with Crippen LogP contribution in [0.2, 0.25) is 0 Å². The molecular formula is C20H20N2O4. The molecule has 0 fully saturated rings. The highest BCUT2D eigenvalue weighted by molar-refractivity contribution is 5.93. The van der Waals surface area contributed by atoms with Crippen molar-refractivity contribution in [2.75, 3.05) is 25.1 Å². The first-order valence-electron chi connectivity index (χ1n) is 8.17. The highest BCUT2D eigenvalue weighted by Gasteiger charge is 2.09. The standard InChI is InChI=1S/C20H20N2O4/c1-2-24-20(23)16(14-21)15-22-17-8-10-19(11-9-17)26-13-12-25-18-6-4-3-5-7-18/h3-11,15,22H,2,12-13H2,1H3/b16-15+. The normalized spacial score (nSPS) is 10.5. The molecule has 0 radical (unpaired) electrons. The molecule has 0 unspecified atom stereocenters. The Morgan fingerprint density at radius 3 is 2.23 bits per heavy atom. The fourth-order valence-electron chi connectivity index (χ4n) is 1.98. The van der Waals surface area contributed by atoms with Crippen LogP contribution in [0.15, 0.2) is 66.4 Å². The lowest BCUT2D eigenvalue weighted by Crippen LogP contribution is -2.09. The van der Waals surface area contributed by atoms with Gasteiger partial charge in [0.05, 0.1) is 6.61 Å². The first-order chi connectivity index (χ1) is 12.7. The average molecular weight is 352 g/mol. The summed E-state index contributed by atoms with van der Waals surface area (Å²) >= 11 is 0. The number of carbonyl (C=O) groups is 1. The second kappa shape index (κ2) is 10.4. The van der Waals surface area contributed by atoms with E-state index < -0.39 is 5.97 Å². The summed E-state index contributed by atoms with van der Waals surface area (Å²) in [7, 11) is 0. The summed E-state index contributed by atoms with van der Waals surface area (Å²) in [6.45, 7) is 2.77. The predicted octanol–water partition coefficient (Wildman–Crippen LogP) is 3.53. The van der Waals surface area contributed by atoms with E-state index in [4.69, 9.17) is 19.5 Å². The molecule has 0 spiro atoms. The van der Waals surface area contributed by atoms with E-state index in [0.29, 0.717) is 19.0 Å². The van der Waals surface area contributed by atoms with E-state index in [2.05, 4.69) is 5.32 Å². The Hall–Kier alpha value is -3.46. The van der Waals surface area contributed by atoms with Gasteiger partial charge < -0.3 is 19.5 Å². The summed E-state index contributed by atoms with van der Waals surface area (Å²) in [6.07, 6.45) is 1.32. The molecule has 6 heteroatoms. The molecular weight excluding hydrogens is 332 g/mol. The summed E-state index contributed by atoms with van der Waals surface area (Å²) in [5.41, 5.74) is 0.625. The molecule has 0 aliphatic heterocycles. The molecule has 0 heterocycles. The van der Waals surface area contributed by atoms with Crippen molar-refractivity contribution in [1.29, 1.82) is 5.26 Å². The first-order valence-corrected chi connectivity index (χ1v) is 8.17. The van der Waals surface area contributed by atoms with Crippen LogP contribution in [0.4, 0.5) is 5.69 Å². The molecule has 1 N–H and O–H groups in total. The van der Waals surface area contributed by atoms with Crippen LogP contribution in [0, 0.1) is 11.3 Å². The Balaban J connectivity index is 1.78. The molecule has 0 aromatic heterocycles. The maximum absolute atomic E-state index is 11.5. The minimum atomic E-state index is -0.652. The highest BCUT2D eigenvalue weighted by Crippen LogP contribution is 2.16. The second-order valence-electron chi connectivity index (χ2n) is 5.07. The van der Waals surface area contributed by atoms with Crippen LogP contribution in [0.1, 0.15) is 6.92 Å². The molecule has 0 saturated carbocycles. The highest BCUT2D eigenvalue weighted by atomic mass is 16.5. The van der Waals surface area contributed by atoms with Crippen LogP contribution in [-0.2, 0) is 9.53 Å². The van der Waals surface area contributed by atoms with E-state index in [0.717, 1.165) is 11.4 Å². The molecule has 0 aliphatic rings. The maximum Gasteiger partial charge on any atom is 0.350 e. The number of esters is 1. The summed E-state index contributed by atoms with van der Waals surface area (Å²) in [5, 5.41) is 11.8.